The molecule has 1 heterocycles. The van der Waals surface area contributed by atoms with Crippen LogP contribution in [-0.4, -0.2) is 37.7 Å². The van der Waals surface area contributed by atoms with Crippen LogP contribution in [0.15, 0.2) is 16.5 Å². The number of likely N-dealkylation sites (N-methyl/N-ethyl adjacent to an activating group) is 1. The number of nitrogens with zero attached hydrogens (tertiary/aromatic N) is 1. The summed E-state index contributed by atoms with van der Waals surface area (Å²) >= 11 is 0. The third-order valence-electron chi connectivity index (χ3n) is 2.96. The van der Waals surface area contributed by atoms with Crippen LogP contribution in [0.1, 0.15) is 32.3 Å². The second-order valence-electron chi connectivity index (χ2n) is 4.23. The van der Waals surface area contributed by atoms with E-state index >= 15 is 0 Å². The van der Waals surface area contributed by atoms with Gasteiger partial charge in [0.05, 0.1) is 13.2 Å². The van der Waals surface area contributed by atoms with Crippen molar-refractivity contribution in [3.8, 4) is 0 Å². The van der Waals surface area contributed by atoms with Gasteiger partial charge in [-0.05, 0) is 31.8 Å². The fraction of sp³-hybridized carbons (Fsp3) is 0.714. The Morgan fingerprint density at radius 2 is 1.89 bits per heavy atom. The van der Waals surface area contributed by atoms with Gasteiger partial charge in [0.15, 0.2) is 0 Å². The zero-order valence-corrected chi connectivity index (χ0v) is 11.9. The number of rotatable bonds is 10. The molecule has 1 aromatic heterocycles. The molecule has 0 aliphatic rings. The summed E-state index contributed by atoms with van der Waals surface area (Å²) in [6, 6.07) is 4.00. The molecule has 1 rings (SSSR count). The normalized spacial score (nSPS) is 11.3. The molecule has 4 nitrogen and oxygen atoms in total. The maximum atomic E-state index is 5.64. The van der Waals surface area contributed by atoms with Crippen molar-refractivity contribution >= 4 is 0 Å². The van der Waals surface area contributed by atoms with Gasteiger partial charge in [0, 0.05) is 6.54 Å². The molecule has 0 bridgehead atoms. The molecule has 1 N–H and O–H groups in total. The first-order valence-corrected chi connectivity index (χ1v) is 6.88. The fourth-order valence-corrected chi connectivity index (χ4v) is 1.75. The van der Waals surface area contributed by atoms with Crippen LogP contribution in [0.5, 0.6) is 0 Å². The summed E-state index contributed by atoms with van der Waals surface area (Å²) < 4.78 is 11.3. The number of furan rings is 1. The van der Waals surface area contributed by atoms with Crippen molar-refractivity contribution < 1.29 is 9.15 Å². The van der Waals surface area contributed by atoms with E-state index in [9.17, 15) is 0 Å². The zero-order valence-electron chi connectivity index (χ0n) is 11.9. The molecule has 1 aromatic rings. The SMILES string of the molecule is CCNCc1ccc(COCCN(CC)CC)o1. The first kappa shape index (κ1) is 15.2. The van der Waals surface area contributed by atoms with Gasteiger partial charge in [-0.15, -0.1) is 0 Å². The second kappa shape index (κ2) is 9.14. The van der Waals surface area contributed by atoms with E-state index in [-0.39, 0.29) is 0 Å². The summed E-state index contributed by atoms with van der Waals surface area (Å²) in [6.45, 7) is 12.6. The molecule has 18 heavy (non-hydrogen) atoms. The Hall–Kier alpha value is -0.840. The van der Waals surface area contributed by atoms with Crippen LogP contribution in [0.25, 0.3) is 0 Å². The van der Waals surface area contributed by atoms with Gasteiger partial charge >= 0.3 is 0 Å². The van der Waals surface area contributed by atoms with Gasteiger partial charge in [0.2, 0.25) is 0 Å². The summed E-state index contributed by atoms with van der Waals surface area (Å²) in [7, 11) is 0. The molecule has 0 aromatic carbocycles. The number of hydrogen-bond donors (Lipinski definition) is 1. The molecular weight excluding hydrogens is 228 g/mol. The van der Waals surface area contributed by atoms with Gasteiger partial charge in [-0.3, -0.25) is 0 Å². The smallest absolute Gasteiger partial charge is 0.129 e. The zero-order chi connectivity index (χ0) is 13.2. The first-order valence-electron chi connectivity index (χ1n) is 6.88. The minimum atomic E-state index is 0.563. The maximum Gasteiger partial charge on any atom is 0.129 e. The predicted octanol–water partition coefficient (Wildman–Crippen LogP) is 2.25. The quantitative estimate of drug-likeness (QED) is 0.650. The lowest BCUT2D eigenvalue weighted by atomic mass is 10.4. The molecule has 0 amide bonds. The lowest BCUT2D eigenvalue weighted by molar-refractivity contribution is 0.0836. The molecule has 0 saturated carbocycles. The van der Waals surface area contributed by atoms with Crippen molar-refractivity contribution in [2.24, 2.45) is 0 Å². The minimum Gasteiger partial charge on any atom is -0.462 e. The molecule has 0 radical (unpaired) electrons. The van der Waals surface area contributed by atoms with Crippen LogP contribution >= 0.6 is 0 Å². The summed E-state index contributed by atoms with van der Waals surface area (Å²) in [4.78, 5) is 2.35. The molecule has 0 aliphatic heterocycles. The highest BCUT2D eigenvalue weighted by Gasteiger charge is 2.03. The van der Waals surface area contributed by atoms with E-state index < -0.39 is 0 Å². The van der Waals surface area contributed by atoms with E-state index in [2.05, 4.69) is 31.0 Å². The van der Waals surface area contributed by atoms with Crippen molar-refractivity contribution in [1.82, 2.24) is 10.2 Å². The van der Waals surface area contributed by atoms with Crippen molar-refractivity contribution in [3.05, 3.63) is 23.7 Å². The van der Waals surface area contributed by atoms with E-state index in [1.54, 1.807) is 0 Å². The first-order chi connectivity index (χ1) is 8.80. The predicted molar refractivity (Wildman–Crippen MR) is 73.5 cm³/mol. The summed E-state index contributed by atoms with van der Waals surface area (Å²) in [5, 5.41) is 3.23. The largest absolute Gasteiger partial charge is 0.462 e. The second-order valence-corrected chi connectivity index (χ2v) is 4.23. The van der Waals surface area contributed by atoms with Gasteiger partial charge in [0.25, 0.3) is 0 Å². The van der Waals surface area contributed by atoms with Crippen LogP contribution in [0.2, 0.25) is 0 Å². The van der Waals surface area contributed by atoms with E-state index in [4.69, 9.17) is 9.15 Å². The molecular formula is C14H26N2O2. The Bertz CT molecular complexity index is 308. The van der Waals surface area contributed by atoms with Crippen LogP contribution in [0, 0.1) is 0 Å². The maximum absolute atomic E-state index is 5.64. The standard InChI is InChI=1S/C14H26N2O2/c1-4-15-11-13-7-8-14(18-13)12-17-10-9-16(5-2)6-3/h7-8,15H,4-6,9-12H2,1-3H3. The van der Waals surface area contributed by atoms with Crippen molar-refractivity contribution in [1.29, 1.82) is 0 Å². The highest BCUT2D eigenvalue weighted by Crippen LogP contribution is 2.08. The Morgan fingerprint density at radius 1 is 1.17 bits per heavy atom. The van der Waals surface area contributed by atoms with Crippen LogP contribution in [-0.2, 0) is 17.9 Å². The van der Waals surface area contributed by atoms with Crippen LogP contribution in [0.4, 0.5) is 0 Å². The molecule has 0 fully saturated rings. The lowest BCUT2D eigenvalue weighted by Gasteiger charge is -2.17. The summed E-state index contributed by atoms with van der Waals surface area (Å²) in [5.74, 6) is 1.88. The summed E-state index contributed by atoms with van der Waals surface area (Å²) in [6.07, 6.45) is 0. The third-order valence-corrected chi connectivity index (χ3v) is 2.96. The van der Waals surface area contributed by atoms with Crippen LogP contribution in [0.3, 0.4) is 0 Å². The minimum absolute atomic E-state index is 0.563. The van der Waals surface area contributed by atoms with E-state index in [0.29, 0.717) is 6.61 Å². The Kier molecular flexibility index (Phi) is 7.73. The average Bonchev–Trinajstić information content (AvgIpc) is 2.84. The fourth-order valence-electron chi connectivity index (χ4n) is 1.75. The molecule has 0 saturated heterocycles. The van der Waals surface area contributed by atoms with Gasteiger partial charge in [0.1, 0.15) is 18.1 Å². The van der Waals surface area contributed by atoms with E-state index in [1.165, 1.54) is 0 Å². The molecule has 4 heteroatoms. The third kappa shape index (κ3) is 5.67. The number of hydrogen-bond acceptors (Lipinski definition) is 4. The Balaban J connectivity index is 2.17. The molecule has 0 unspecified atom stereocenters. The topological polar surface area (TPSA) is 37.6 Å². The summed E-state index contributed by atoms with van der Waals surface area (Å²) in [5.41, 5.74) is 0. The number of nitrogens with one attached hydrogen (secondary N) is 1. The number of ether oxygens (including phenoxy) is 1. The van der Waals surface area contributed by atoms with Gasteiger partial charge in [-0.2, -0.15) is 0 Å². The van der Waals surface area contributed by atoms with E-state index in [1.807, 2.05) is 12.1 Å². The molecule has 104 valence electrons. The highest BCUT2D eigenvalue weighted by atomic mass is 16.5. The van der Waals surface area contributed by atoms with Gasteiger partial charge in [-0.1, -0.05) is 20.8 Å². The lowest BCUT2D eigenvalue weighted by Crippen LogP contribution is -2.26. The van der Waals surface area contributed by atoms with Crippen molar-refractivity contribution in [2.45, 2.75) is 33.9 Å². The van der Waals surface area contributed by atoms with Crippen molar-refractivity contribution in [2.75, 3.05) is 32.8 Å². The molecule has 0 spiro atoms. The molecule has 0 atom stereocenters. The average molecular weight is 254 g/mol. The Labute approximate surface area is 110 Å². The van der Waals surface area contributed by atoms with Gasteiger partial charge in [-0.25, -0.2) is 0 Å². The van der Waals surface area contributed by atoms with Crippen molar-refractivity contribution in [3.63, 3.8) is 0 Å². The Morgan fingerprint density at radius 3 is 2.56 bits per heavy atom. The van der Waals surface area contributed by atoms with E-state index in [0.717, 1.165) is 50.9 Å². The van der Waals surface area contributed by atoms with Crippen LogP contribution < -0.4 is 5.32 Å². The monoisotopic (exact) mass is 254 g/mol. The highest BCUT2D eigenvalue weighted by molar-refractivity contribution is 5.06. The molecule has 0 aliphatic carbocycles. The van der Waals surface area contributed by atoms with Gasteiger partial charge < -0.3 is 19.4 Å².